The van der Waals surface area contributed by atoms with Gasteiger partial charge in [0.1, 0.15) is 5.60 Å². The highest BCUT2D eigenvalue weighted by Gasteiger charge is 2.15. The third-order valence-electron chi connectivity index (χ3n) is 2.26. The van der Waals surface area contributed by atoms with Gasteiger partial charge >= 0.3 is 5.97 Å². The fourth-order valence-electron chi connectivity index (χ4n) is 1.51. The maximum Gasteiger partial charge on any atom is 0.306 e. The quantitative estimate of drug-likeness (QED) is 0.514. The summed E-state index contributed by atoms with van der Waals surface area (Å²) in [7, 11) is 0. The highest BCUT2D eigenvalue weighted by atomic mass is 16.6. The van der Waals surface area contributed by atoms with Crippen molar-refractivity contribution >= 4 is 5.97 Å². The van der Waals surface area contributed by atoms with Crippen LogP contribution in [-0.2, 0) is 9.53 Å². The van der Waals surface area contributed by atoms with Gasteiger partial charge in [0.05, 0.1) is 0 Å². The summed E-state index contributed by atoms with van der Waals surface area (Å²) in [5.74, 6) is -0.0746. The Kier molecular flexibility index (Phi) is 8.26. The minimum atomic E-state index is -0.349. The SMILES string of the molecule is CC(C)(C)OC(=O)CCCCCCCCN. The lowest BCUT2D eigenvalue weighted by molar-refractivity contribution is -0.154. The average Bonchev–Trinajstić information content (AvgIpc) is 2.13. The Morgan fingerprint density at radius 1 is 1.00 bits per heavy atom. The second kappa shape index (κ2) is 8.57. The van der Waals surface area contributed by atoms with Crippen LogP contribution < -0.4 is 5.73 Å². The summed E-state index contributed by atoms with van der Waals surface area (Å²) in [6.07, 6.45) is 7.36. The fourth-order valence-corrected chi connectivity index (χ4v) is 1.51. The Balaban J connectivity index is 3.28. The van der Waals surface area contributed by atoms with E-state index in [0.29, 0.717) is 6.42 Å². The third kappa shape index (κ3) is 11.5. The first-order valence-electron chi connectivity index (χ1n) is 6.37. The minimum Gasteiger partial charge on any atom is -0.460 e. The zero-order chi connectivity index (χ0) is 12.4. The Labute approximate surface area is 99.7 Å². The fraction of sp³-hybridized carbons (Fsp3) is 0.923. The van der Waals surface area contributed by atoms with Crippen LogP contribution in [0.25, 0.3) is 0 Å². The molecule has 0 rings (SSSR count). The predicted octanol–water partition coefficient (Wildman–Crippen LogP) is 3.02. The van der Waals surface area contributed by atoms with E-state index in [1.54, 1.807) is 0 Å². The minimum absolute atomic E-state index is 0.0746. The van der Waals surface area contributed by atoms with Crippen molar-refractivity contribution in [3.8, 4) is 0 Å². The molecule has 0 radical (unpaired) electrons. The Hall–Kier alpha value is -0.570. The maximum absolute atomic E-state index is 11.4. The van der Waals surface area contributed by atoms with Crippen LogP contribution in [0.3, 0.4) is 0 Å². The number of rotatable bonds is 8. The number of esters is 1. The van der Waals surface area contributed by atoms with Crippen LogP contribution in [0.15, 0.2) is 0 Å². The molecule has 3 nitrogen and oxygen atoms in total. The van der Waals surface area contributed by atoms with Gasteiger partial charge in [-0.15, -0.1) is 0 Å². The van der Waals surface area contributed by atoms with Gasteiger partial charge < -0.3 is 10.5 Å². The zero-order valence-electron chi connectivity index (χ0n) is 11.1. The molecule has 0 aromatic heterocycles. The van der Waals surface area contributed by atoms with E-state index in [1.165, 1.54) is 19.3 Å². The topological polar surface area (TPSA) is 52.3 Å². The van der Waals surface area contributed by atoms with Crippen molar-refractivity contribution in [2.45, 2.75) is 71.3 Å². The predicted molar refractivity (Wildman–Crippen MR) is 67.2 cm³/mol. The van der Waals surface area contributed by atoms with E-state index >= 15 is 0 Å². The molecule has 16 heavy (non-hydrogen) atoms. The van der Waals surface area contributed by atoms with E-state index < -0.39 is 0 Å². The van der Waals surface area contributed by atoms with E-state index in [0.717, 1.165) is 25.8 Å². The molecule has 2 N–H and O–H groups in total. The molecule has 96 valence electrons. The van der Waals surface area contributed by atoms with Crippen molar-refractivity contribution in [2.75, 3.05) is 6.54 Å². The van der Waals surface area contributed by atoms with Crippen LogP contribution in [0.2, 0.25) is 0 Å². The molecule has 0 spiro atoms. The van der Waals surface area contributed by atoms with Crippen LogP contribution in [-0.4, -0.2) is 18.1 Å². The van der Waals surface area contributed by atoms with Crippen molar-refractivity contribution in [1.82, 2.24) is 0 Å². The number of carbonyl (C=O) groups excluding carboxylic acids is 1. The summed E-state index contributed by atoms with van der Waals surface area (Å²) >= 11 is 0. The molecule has 0 aliphatic heterocycles. The molecule has 0 saturated heterocycles. The average molecular weight is 229 g/mol. The molecular formula is C13H27NO2. The summed E-state index contributed by atoms with van der Waals surface area (Å²) in [5.41, 5.74) is 5.06. The Bertz CT molecular complexity index is 185. The maximum atomic E-state index is 11.4. The van der Waals surface area contributed by atoms with Crippen molar-refractivity contribution in [1.29, 1.82) is 0 Å². The van der Waals surface area contributed by atoms with Crippen LogP contribution in [0, 0.1) is 0 Å². The van der Waals surface area contributed by atoms with Crippen LogP contribution in [0.5, 0.6) is 0 Å². The first-order valence-corrected chi connectivity index (χ1v) is 6.37. The molecule has 0 aromatic carbocycles. The molecule has 0 aliphatic carbocycles. The molecule has 0 amide bonds. The molecule has 0 bridgehead atoms. The standard InChI is InChI=1S/C13H27NO2/c1-13(2,3)16-12(15)10-8-6-4-5-7-9-11-14/h4-11,14H2,1-3H3. The summed E-state index contributed by atoms with van der Waals surface area (Å²) in [6.45, 7) is 6.49. The number of unbranched alkanes of at least 4 members (excludes halogenated alkanes) is 5. The van der Waals surface area contributed by atoms with Crippen molar-refractivity contribution < 1.29 is 9.53 Å². The summed E-state index contributed by atoms with van der Waals surface area (Å²) in [5, 5.41) is 0. The monoisotopic (exact) mass is 229 g/mol. The number of hydrogen-bond acceptors (Lipinski definition) is 3. The zero-order valence-corrected chi connectivity index (χ0v) is 11.1. The van der Waals surface area contributed by atoms with Gasteiger partial charge in [0.15, 0.2) is 0 Å². The molecule has 0 saturated carbocycles. The lowest BCUT2D eigenvalue weighted by atomic mass is 10.1. The molecule has 0 atom stereocenters. The van der Waals surface area contributed by atoms with Crippen molar-refractivity contribution in [3.63, 3.8) is 0 Å². The second-order valence-corrected chi connectivity index (χ2v) is 5.25. The Morgan fingerprint density at radius 3 is 2.00 bits per heavy atom. The van der Waals surface area contributed by atoms with E-state index in [9.17, 15) is 4.79 Å². The lowest BCUT2D eigenvalue weighted by Crippen LogP contribution is -2.23. The molecule has 0 aliphatic rings. The highest BCUT2D eigenvalue weighted by Crippen LogP contribution is 2.11. The first kappa shape index (κ1) is 15.4. The number of carbonyl (C=O) groups is 1. The summed E-state index contributed by atoms with van der Waals surface area (Å²) in [6, 6.07) is 0. The molecule has 0 unspecified atom stereocenters. The largest absolute Gasteiger partial charge is 0.460 e. The van der Waals surface area contributed by atoms with E-state index in [4.69, 9.17) is 10.5 Å². The van der Waals surface area contributed by atoms with Gasteiger partial charge in [-0.05, 0) is 40.2 Å². The van der Waals surface area contributed by atoms with Crippen molar-refractivity contribution in [3.05, 3.63) is 0 Å². The first-order chi connectivity index (χ1) is 7.45. The summed E-state index contributed by atoms with van der Waals surface area (Å²) in [4.78, 5) is 11.4. The van der Waals surface area contributed by atoms with Crippen LogP contribution in [0.4, 0.5) is 0 Å². The van der Waals surface area contributed by atoms with Crippen LogP contribution in [0.1, 0.15) is 65.7 Å². The van der Waals surface area contributed by atoms with E-state index in [1.807, 2.05) is 20.8 Å². The van der Waals surface area contributed by atoms with Gasteiger partial charge in [-0.2, -0.15) is 0 Å². The second-order valence-electron chi connectivity index (χ2n) is 5.25. The lowest BCUT2D eigenvalue weighted by Gasteiger charge is -2.19. The molecule has 0 heterocycles. The van der Waals surface area contributed by atoms with Gasteiger partial charge in [0.2, 0.25) is 0 Å². The number of nitrogens with two attached hydrogens (primary N) is 1. The normalized spacial score (nSPS) is 11.5. The highest BCUT2D eigenvalue weighted by molar-refractivity contribution is 5.69. The van der Waals surface area contributed by atoms with E-state index in [-0.39, 0.29) is 11.6 Å². The number of ether oxygens (including phenoxy) is 1. The van der Waals surface area contributed by atoms with E-state index in [2.05, 4.69) is 0 Å². The van der Waals surface area contributed by atoms with Gasteiger partial charge in [-0.3, -0.25) is 4.79 Å². The number of hydrogen-bond donors (Lipinski definition) is 1. The molecule has 0 fully saturated rings. The molecular weight excluding hydrogens is 202 g/mol. The smallest absolute Gasteiger partial charge is 0.306 e. The van der Waals surface area contributed by atoms with Gasteiger partial charge in [-0.25, -0.2) is 0 Å². The molecule has 0 aromatic rings. The van der Waals surface area contributed by atoms with Gasteiger partial charge in [0.25, 0.3) is 0 Å². The third-order valence-corrected chi connectivity index (χ3v) is 2.26. The van der Waals surface area contributed by atoms with Gasteiger partial charge in [0, 0.05) is 6.42 Å². The van der Waals surface area contributed by atoms with Crippen molar-refractivity contribution in [2.24, 2.45) is 5.73 Å². The van der Waals surface area contributed by atoms with Gasteiger partial charge in [-0.1, -0.05) is 25.7 Å². The molecule has 3 heteroatoms. The Morgan fingerprint density at radius 2 is 1.50 bits per heavy atom. The summed E-state index contributed by atoms with van der Waals surface area (Å²) < 4.78 is 5.23. The van der Waals surface area contributed by atoms with Crippen LogP contribution >= 0.6 is 0 Å².